The normalized spacial score (nSPS) is 32.4. The molecular formula is C17H24. The Hall–Kier alpha value is -0.780. The smallest absolute Gasteiger partial charge is 0.0276 e. The van der Waals surface area contributed by atoms with Crippen LogP contribution in [0, 0.1) is 17.8 Å². The van der Waals surface area contributed by atoms with Gasteiger partial charge >= 0.3 is 0 Å². The van der Waals surface area contributed by atoms with Crippen LogP contribution in [0.1, 0.15) is 50.5 Å². The maximum absolute atomic E-state index is 2.29. The highest BCUT2D eigenvalue weighted by atomic mass is 14.4. The summed E-state index contributed by atoms with van der Waals surface area (Å²) in [5.41, 5.74) is 1.53. The summed E-state index contributed by atoms with van der Waals surface area (Å²) in [5.74, 6) is 3.23. The predicted octanol–water partition coefficient (Wildman–Crippen LogP) is 4.84. The van der Waals surface area contributed by atoms with Crippen LogP contribution in [-0.2, 0) is 6.42 Å². The SMILES string of the molecule is c1ccc(CCC2CCC3CCCCC32)cc1. The average Bonchev–Trinajstić information content (AvgIpc) is 2.81. The van der Waals surface area contributed by atoms with Crippen LogP contribution in [0.5, 0.6) is 0 Å². The summed E-state index contributed by atoms with van der Waals surface area (Å²) >= 11 is 0. The molecule has 3 unspecified atom stereocenters. The van der Waals surface area contributed by atoms with Gasteiger partial charge in [0.05, 0.1) is 0 Å². The van der Waals surface area contributed by atoms with E-state index in [1.807, 2.05) is 0 Å². The Morgan fingerprint density at radius 2 is 1.71 bits per heavy atom. The topological polar surface area (TPSA) is 0 Å². The maximum Gasteiger partial charge on any atom is -0.0276 e. The molecule has 3 rings (SSSR count). The molecule has 92 valence electrons. The third-order valence-electron chi connectivity index (χ3n) is 5.13. The maximum atomic E-state index is 2.29. The van der Waals surface area contributed by atoms with Crippen molar-refractivity contribution in [1.29, 1.82) is 0 Å². The molecule has 0 aromatic heterocycles. The predicted molar refractivity (Wildman–Crippen MR) is 72.9 cm³/mol. The van der Waals surface area contributed by atoms with E-state index in [4.69, 9.17) is 0 Å². The Labute approximate surface area is 105 Å². The second-order valence-electron chi connectivity index (χ2n) is 6.07. The van der Waals surface area contributed by atoms with Gasteiger partial charge in [-0.3, -0.25) is 0 Å². The van der Waals surface area contributed by atoms with Crippen molar-refractivity contribution in [2.75, 3.05) is 0 Å². The van der Waals surface area contributed by atoms with Crippen LogP contribution >= 0.6 is 0 Å². The molecule has 0 heteroatoms. The molecule has 2 fully saturated rings. The lowest BCUT2D eigenvalue weighted by molar-refractivity contribution is 0.221. The summed E-state index contributed by atoms with van der Waals surface area (Å²) in [6.45, 7) is 0. The first-order chi connectivity index (χ1) is 8.43. The molecule has 2 aliphatic rings. The van der Waals surface area contributed by atoms with Crippen LogP contribution in [0.2, 0.25) is 0 Å². The van der Waals surface area contributed by atoms with Gasteiger partial charge in [0.25, 0.3) is 0 Å². The van der Waals surface area contributed by atoms with E-state index in [9.17, 15) is 0 Å². The molecular weight excluding hydrogens is 204 g/mol. The fraction of sp³-hybridized carbons (Fsp3) is 0.647. The lowest BCUT2D eigenvalue weighted by Gasteiger charge is -2.29. The first-order valence-electron chi connectivity index (χ1n) is 7.47. The standard InChI is InChI=1S/C17H24/c1-2-6-14(7-3-1)10-11-16-13-12-15-8-4-5-9-17(15)16/h1-3,6-7,15-17H,4-5,8-13H2. The quantitative estimate of drug-likeness (QED) is 0.694. The highest BCUT2D eigenvalue weighted by Gasteiger charge is 2.36. The Bertz CT molecular complexity index is 340. The molecule has 0 aliphatic heterocycles. The van der Waals surface area contributed by atoms with Crippen molar-refractivity contribution in [3.63, 3.8) is 0 Å². The molecule has 1 aromatic carbocycles. The Morgan fingerprint density at radius 3 is 2.59 bits per heavy atom. The lowest BCUT2D eigenvalue weighted by atomic mass is 9.76. The minimum Gasteiger partial charge on any atom is -0.0622 e. The highest BCUT2D eigenvalue weighted by molar-refractivity contribution is 5.14. The van der Waals surface area contributed by atoms with Gasteiger partial charge in [0.1, 0.15) is 0 Å². The van der Waals surface area contributed by atoms with Crippen LogP contribution in [0.15, 0.2) is 30.3 Å². The largest absolute Gasteiger partial charge is 0.0622 e. The van der Waals surface area contributed by atoms with Crippen molar-refractivity contribution in [3.05, 3.63) is 35.9 Å². The van der Waals surface area contributed by atoms with Crippen molar-refractivity contribution >= 4 is 0 Å². The highest BCUT2D eigenvalue weighted by Crippen LogP contribution is 2.47. The minimum absolute atomic E-state index is 1.04. The van der Waals surface area contributed by atoms with Crippen LogP contribution in [-0.4, -0.2) is 0 Å². The van der Waals surface area contributed by atoms with Gasteiger partial charge in [-0.25, -0.2) is 0 Å². The first kappa shape index (κ1) is 11.3. The molecule has 0 bridgehead atoms. The zero-order valence-electron chi connectivity index (χ0n) is 10.8. The Balaban J connectivity index is 1.55. The van der Waals surface area contributed by atoms with E-state index in [0.717, 1.165) is 17.8 Å². The Kier molecular flexibility index (Phi) is 3.49. The van der Waals surface area contributed by atoms with Crippen molar-refractivity contribution in [2.45, 2.75) is 51.4 Å². The van der Waals surface area contributed by atoms with Gasteiger partial charge in [-0.2, -0.15) is 0 Å². The number of fused-ring (bicyclic) bond motifs is 1. The second-order valence-corrected chi connectivity index (χ2v) is 6.07. The molecule has 3 atom stereocenters. The van der Waals surface area contributed by atoms with Crippen LogP contribution in [0.3, 0.4) is 0 Å². The summed E-state index contributed by atoms with van der Waals surface area (Å²) < 4.78 is 0. The number of rotatable bonds is 3. The monoisotopic (exact) mass is 228 g/mol. The first-order valence-corrected chi connectivity index (χ1v) is 7.47. The van der Waals surface area contributed by atoms with Crippen LogP contribution in [0.4, 0.5) is 0 Å². The zero-order chi connectivity index (χ0) is 11.5. The molecule has 2 aliphatic carbocycles. The number of hydrogen-bond donors (Lipinski definition) is 0. The fourth-order valence-electron chi connectivity index (χ4n) is 4.21. The van der Waals surface area contributed by atoms with E-state index in [0.29, 0.717) is 0 Å². The van der Waals surface area contributed by atoms with E-state index in [2.05, 4.69) is 30.3 Å². The van der Waals surface area contributed by atoms with Gasteiger partial charge in [0.15, 0.2) is 0 Å². The van der Waals surface area contributed by atoms with Crippen molar-refractivity contribution in [3.8, 4) is 0 Å². The fourth-order valence-corrected chi connectivity index (χ4v) is 4.21. The third-order valence-corrected chi connectivity index (χ3v) is 5.13. The summed E-state index contributed by atoms with van der Waals surface area (Å²) in [5, 5.41) is 0. The molecule has 17 heavy (non-hydrogen) atoms. The Morgan fingerprint density at radius 1 is 0.882 bits per heavy atom. The number of hydrogen-bond acceptors (Lipinski definition) is 0. The summed E-state index contributed by atoms with van der Waals surface area (Å²) in [6, 6.07) is 11.0. The molecule has 1 aromatic rings. The summed E-state index contributed by atoms with van der Waals surface area (Å²) in [6.07, 6.45) is 11.9. The average molecular weight is 228 g/mol. The molecule has 2 saturated carbocycles. The molecule has 0 heterocycles. The second kappa shape index (κ2) is 5.25. The molecule has 0 nitrogen and oxygen atoms in total. The van der Waals surface area contributed by atoms with Gasteiger partial charge in [-0.05, 0) is 55.4 Å². The summed E-state index contributed by atoms with van der Waals surface area (Å²) in [4.78, 5) is 0. The van der Waals surface area contributed by atoms with E-state index in [-0.39, 0.29) is 0 Å². The van der Waals surface area contributed by atoms with Gasteiger partial charge < -0.3 is 0 Å². The number of benzene rings is 1. The van der Waals surface area contributed by atoms with E-state index < -0.39 is 0 Å². The summed E-state index contributed by atoms with van der Waals surface area (Å²) in [7, 11) is 0. The van der Waals surface area contributed by atoms with Crippen molar-refractivity contribution in [1.82, 2.24) is 0 Å². The van der Waals surface area contributed by atoms with Gasteiger partial charge in [-0.15, -0.1) is 0 Å². The van der Waals surface area contributed by atoms with Crippen molar-refractivity contribution < 1.29 is 0 Å². The third kappa shape index (κ3) is 2.56. The molecule has 0 saturated heterocycles. The van der Waals surface area contributed by atoms with E-state index >= 15 is 0 Å². The van der Waals surface area contributed by atoms with Gasteiger partial charge in [-0.1, -0.05) is 49.6 Å². The van der Waals surface area contributed by atoms with E-state index in [1.54, 1.807) is 0 Å². The molecule has 0 radical (unpaired) electrons. The molecule has 0 N–H and O–H groups in total. The van der Waals surface area contributed by atoms with Crippen LogP contribution < -0.4 is 0 Å². The minimum atomic E-state index is 1.04. The van der Waals surface area contributed by atoms with Crippen molar-refractivity contribution in [2.24, 2.45) is 17.8 Å². The molecule has 0 amide bonds. The van der Waals surface area contributed by atoms with Gasteiger partial charge in [0, 0.05) is 0 Å². The lowest BCUT2D eigenvalue weighted by Crippen LogP contribution is -2.19. The van der Waals surface area contributed by atoms with E-state index in [1.165, 1.54) is 56.9 Å². The van der Waals surface area contributed by atoms with Crippen LogP contribution in [0.25, 0.3) is 0 Å². The number of aryl methyl sites for hydroxylation is 1. The zero-order valence-corrected chi connectivity index (χ0v) is 10.8. The van der Waals surface area contributed by atoms with Gasteiger partial charge in [0.2, 0.25) is 0 Å². The molecule has 0 spiro atoms.